The first-order valence-corrected chi connectivity index (χ1v) is 6.53. The molecule has 0 aliphatic heterocycles. The van der Waals surface area contributed by atoms with Gasteiger partial charge in [0.1, 0.15) is 0 Å². The lowest BCUT2D eigenvalue weighted by Gasteiger charge is -1.96. The summed E-state index contributed by atoms with van der Waals surface area (Å²) in [6.45, 7) is 4.00. The van der Waals surface area contributed by atoms with Crippen LogP contribution in [0.2, 0.25) is 0 Å². The molecule has 3 rings (SSSR count). The van der Waals surface area contributed by atoms with Crippen LogP contribution in [0.25, 0.3) is 10.9 Å². The summed E-state index contributed by atoms with van der Waals surface area (Å²) in [5, 5.41) is 1.45. The summed E-state index contributed by atoms with van der Waals surface area (Å²) in [6, 6.07) is 8.68. The van der Waals surface area contributed by atoms with E-state index in [4.69, 9.17) is 0 Å². The third kappa shape index (κ3) is 1.99. The number of aromatic nitrogens is 1. The molecule has 1 aromatic heterocycles. The molecule has 0 atom stereocenters. The number of nitrogens with one attached hydrogen (secondary N) is 1. The molecule has 1 aliphatic carbocycles. The standard InChI is InChI=1S/C13H15N.C2H6.H2/c1-2-6-10-11-7-4-5-9-13(11)14-12(10)8-3-1;1-2;/h4-5,7,9,14H,1-3,6,8H2;1-2H3;1H. The Kier molecular flexibility index (Phi) is 3.66. The highest BCUT2D eigenvalue weighted by atomic mass is 14.7. The zero-order chi connectivity index (χ0) is 11.4. The highest BCUT2D eigenvalue weighted by Gasteiger charge is 2.12. The van der Waals surface area contributed by atoms with E-state index in [1.807, 2.05) is 13.8 Å². The molecule has 0 amide bonds. The Hall–Kier alpha value is -1.24. The molecule has 1 N–H and O–H groups in total. The number of aromatic amines is 1. The number of fused-ring (bicyclic) bond motifs is 3. The van der Waals surface area contributed by atoms with Gasteiger partial charge in [-0.3, -0.25) is 0 Å². The van der Waals surface area contributed by atoms with Crippen molar-refractivity contribution in [3.63, 3.8) is 0 Å². The Morgan fingerprint density at radius 2 is 1.75 bits per heavy atom. The topological polar surface area (TPSA) is 15.8 Å². The van der Waals surface area contributed by atoms with Crippen LogP contribution >= 0.6 is 0 Å². The molecule has 16 heavy (non-hydrogen) atoms. The summed E-state index contributed by atoms with van der Waals surface area (Å²) in [7, 11) is 0. The molecule has 0 saturated heterocycles. The van der Waals surface area contributed by atoms with Gasteiger partial charge in [-0.05, 0) is 37.3 Å². The van der Waals surface area contributed by atoms with E-state index in [-0.39, 0.29) is 1.43 Å². The molecule has 1 heterocycles. The van der Waals surface area contributed by atoms with Crippen LogP contribution in [0, 0.1) is 0 Å². The zero-order valence-electron chi connectivity index (χ0n) is 10.3. The van der Waals surface area contributed by atoms with Gasteiger partial charge >= 0.3 is 0 Å². The number of para-hydroxylation sites is 1. The van der Waals surface area contributed by atoms with Gasteiger partial charge in [0.15, 0.2) is 0 Å². The second kappa shape index (κ2) is 5.20. The molecular weight excluding hydrogens is 194 g/mol. The summed E-state index contributed by atoms with van der Waals surface area (Å²) in [6.07, 6.45) is 6.59. The molecule has 0 bridgehead atoms. The van der Waals surface area contributed by atoms with Crippen LogP contribution in [-0.4, -0.2) is 4.98 Å². The van der Waals surface area contributed by atoms with Gasteiger partial charge in [0, 0.05) is 18.0 Å². The van der Waals surface area contributed by atoms with Crippen LogP contribution in [-0.2, 0) is 12.8 Å². The fourth-order valence-electron chi connectivity index (χ4n) is 2.54. The van der Waals surface area contributed by atoms with E-state index in [1.165, 1.54) is 48.7 Å². The summed E-state index contributed by atoms with van der Waals surface area (Å²) < 4.78 is 0. The van der Waals surface area contributed by atoms with Crippen LogP contribution in [0.15, 0.2) is 24.3 Å². The fourth-order valence-corrected chi connectivity index (χ4v) is 2.54. The maximum Gasteiger partial charge on any atom is 0.0458 e. The van der Waals surface area contributed by atoms with Crippen molar-refractivity contribution in [3.8, 4) is 0 Å². The fraction of sp³-hybridized carbons (Fsp3) is 0.467. The number of aryl methyl sites for hydroxylation is 2. The van der Waals surface area contributed by atoms with E-state index < -0.39 is 0 Å². The normalized spacial score (nSPS) is 14.9. The van der Waals surface area contributed by atoms with Crippen LogP contribution < -0.4 is 0 Å². The second-order valence-electron chi connectivity index (χ2n) is 4.19. The predicted molar refractivity (Wildman–Crippen MR) is 73.0 cm³/mol. The minimum Gasteiger partial charge on any atom is -0.358 e. The average molecular weight is 217 g/mol. The van der Waals surface area contributed by atoms with Crippen molar-refractivity contribution >= 4 is 10.9 Å². The molecule has 1 heteroatoms. The van der Waals surface area contributed by atoms with Gasteiger partial charge in [0.05, 0.1) is 0 Å². The number of hydrogen-bond donors (Lipinski definition) is 1. The van der Waals surface area contributed by atoms with E-state index in [9.17, 15) is 0 Å². The van der Waals surface area contributed by atoms with Gasteiger partial charge in [0.2, 0.25) is 0 Å². The molecule has 0 fully saturated rings. The highest BCUT2D eigenvalue weighted by molar-refractivity contribution is 5.84. The first-order chi connectivity index (χ1) is 7.95. The summed E-state index contributed by atoms with van der Waals surface area (Å²) >= 11 is 0. The summed E-state index contributed by atoms with van der Waals surface area (Å²) in [4.78, 5) is 3.56. The summed E-state index contributed by atoms with van der Waals surface area (Å²) in [5.41, 5.74) is 4.39. The van der Waals surface area contributed by atoms with Gasteiger partial charge in [0.25, 0.3) is 0 Å². The van der Waals surface area contributed by atoms with Crippen molar-refractivity contribution in [1.29, 1.82) is 0 Å². The van der Waals surface area contributed by atoms with Crippen LogP contribution in [0.3, 0.4) is 0 Å². The second-order valence-corrected chi connectivity index (χ2v) is 4.19. The van der Waals surface area contributed by atoms with Crippen molar-refractivity contribution in [2.75, 3.05) is 0 Å². The Labute approximate surface area is 99.4 Å². The van der Waals surface area contributed by atoms with Gasteiger partial charge in [-0.25, -0.2) is 0 Å². The third-order valence-corrected chi connectivity index (χ3v) is 3.26. The SMILES string of the molecule is CC.[HH].c1ccc2c3c([nH]c2c1)CCCCC3. The van der Waals surface area contributed by atoms with Crippen molar-refractivity contribution in [3.05, 3.63) is 35.5 Å². The third-order valence-electron chi connectivity index (χ3n) is 3.26. The van der Waals surface area contributed by atoms with Crippen molar-refractivity contribution < 1.29 is 1.43 Å². The lowest BCUT2D eigenvalue weighted by Crippen LogP contribution is -1.86. The molecule has 1 aromatic carbocycles. The maximum absolute atomic E-state index is 3.56. The lowest BCUT2D eigenvalue weighted by atomic mass is 10.1. The number of hydrogen-bond acceptors (Lipinski definition) is 0. The molecule has 1 aliphatic rings. The Balaban J connectivity index is 0.000000459. The maximum atomic E-state index is 3.56. The van der Waals surface area contributed by atoms with E-state index in [1.54, 1.807) is 5.56 Å². The van der Waals surface area contributed by atoms with Gasteiger partial charge in [-0.2, -0.15) is 0 Å². The monoisotopic (exact) mass is 217 g/mol. The first-order valence-electron chi connectivity index (χ1n) is 6.53. The molecule has 2 aromatic rings. The Morgan fingerprint density at radius 1 is 1.00 bits per heavy atom. The molecule has 1 nitrogen and oxygen atoms in total. The van der Waals surface area contributed by atoms with E-state index in [0.29, 0.717) is 0 Å². The molecule has 0 radical (unpaired) electrons. The van der Waals surface area contributed by atoms with Crippen LogP contribution in [0.4, 0.5) is 0 Å². The Bertz CT molecular complexity index is 459. The molecule has 88 valence electrons. The predicted octanol–water partition coefficient (Wildman–Crippen LogP) is 4.71. The summed E-state index contributed by atoms with van der Waals surface area (Å²) in [5.74, 6) is 0. The van der Waals surface area contributed by atoms with Gasteiger partial charge in [-0.1, -0.05) is 38.5 Å². The quantitative estimate of drug-likeness (QED) is 0.615. The first kappa shape index (κ1) is 11.3. The average Bonchev–Trinajstić information content (AvgIpc) is 2.54. The highest BCUT2D eigenvalue weighted by Crippen LogP contribution is 2.27. The van der Waals surface area contributed by atoms with Crippen LogP contribution in [0.5, 0.6) is 0 Å². The minimum atomic E-state index is 0. The molecule has 0 saturated carbocycles. The van der Waals surface area contributed by atoms with E-state index in [0.717, 1.165) is 0 Å². The van der Waals surface area contributed by atoms with Crippen molar-refractivity contribution in [2.45, 2.75) is 46.0 Å². The van der Waals surface area contributed by atoms with E-state index in [2.05, 4.69) is 29.2 Å². The van der Waals surface area contributed by atoms with Crippen LogP contribution in [0.1, 0.15) is 45.8 Å². The number of H-pyrrole nitrogens is 1. The Morgan fingerprint density at radius 3 is 2.62 bits per heavy atom. The molecular formula is C15H23N. The number of rotatable bonds is 0. The largest absolute Gasteiger partial charge is 0.358 e. The molecule has 0 spiro atoms. The van der Waals surface area contributed by atoms with Crippen molar-refractivity contribution in [2.24, 2.45) is 0 Å². The van der Waals surface area contributed by atoms with Gasteiger partial charge < -0.3 is 4.98 Å². The zero-order valence-corrected chi connectivity index (χ0v) is 10.3. The molecule has 0 unspecified atom stereocenters. The van der Waals surface area contributed by atoms with Gasteiger partial charge in [-0.15, -0.1) is 0 Å². The minimum absolute atomic E-state index is 0. The lowest BCUT2D eigenvalue weighted by molar-refractivity contribution is 0.708. The van der Waals surface area contributed by atoms with Crippen molar-refractivity contribution in [1.82, 2.24) is 4.98 Å². The number of benzene rings is 1. The smallest absolute Gasteiger partial charge is 0.0458 e. The van der Waals surface area contributed by atoms with E-state index >= 15 is 0 Å².